The first kappa shape index (κ1) is 16.5. The van der Waals surface area contributed by atoms with Crippen LogP contribution in [-0.4, -0.2) is 22.3 Å². The number of thioether (sulfide) groups is 1. The van der Waals surface area contributed by atoms with Crippen LogP contribution in [0.4, 0.5) is 0 Å². The minimum absolute atomic E-state index is 0.213. The molecule has 19 heavy (non-hydrogen) atoms. The molecule has 5 heteroatoms. The average molecular weight is 301 g/mol. The van der Waals surface area contributed by atoms with Gasteiger partial charge in [0.05, 0.1) is 12.3 Å². The molecule has 1 rings (SSSR count). The molecule has 0 unspecified atom stereocenters. The van der Waals surface area contributed by atoms with Crippen LogP contribution < -0.4 is 0 Å². The van der Waals surface area contributed by atoms with E-state index in [-0.39, 0.29) is 10.7 Å². The number of carbonyl (C=O) groups is 1. The van der Waals surface area contributed by atoms with Crippen LogP contribution in [0.3, 0.4) is 0 Å². The molecule has 0 aromatic carbocycles. The molecule has 0 bridgehead atoms. The molecule has 0 aliphatic rings. The Balaban J connectivity index is 2.76. The summed E-state index contributed by atoms with van der Waals surface area (Å²) in [4.78, 5) is 16.5. The van der Waals surface area contributed by atoms with Gasteiger partial charge in [-0.05, 0) is 20.8 Å². The Hall–Kier alpha value is -0.550. The molecule has 1 heterocycles. The molecule has 0 saturated carbocycles. The van der Waals surface area contributed by atoms with Crippen LogP contribution in [0.2, 0.25) is 0 Å². The quantitative estimate of drug-likeness (QED) is 0.770. The van der Waals surface area contributed by atoms with Gasteiger partial charge >= 0.3 is 5.97 Å². The predicted molar refractivity (Wildman–Crippen MR) is 82.8 cm³/mol. The monoisotopic (exact) mass is 301 g/mol. The molecular weight excluding hydrogens is 278 g/mol. The van der Waals surface area contributed by atoms with Crippen molar-refractivity contribution >= 4 is 29.1 Å². The zero-order valence-corrected chi connectivity index (χ0v) is 14.2. The second-order valence-electron chi connectivity index (χ2n) is 5.87. The Morgan fingerprint density at radius 3 is 2.53 bits per heavy atom. The lowest BCUT2D eigenvalue weighted by Crippen LogP contribution is -2.31. The summed E-state index contributed by atoms with van der Waals surface area (Å²) >= 11 is 3.47. The maximum Gasteiger partial charge on any atom is 0.317 e. The summed E-state index contributed by atoms with van der Waals surface area (Å²) in [6.07, 6.45) is 0. The van der Waals surface area contributed by atoms with Crippen LogP contribution >= 0.6 is 23.1 Å². The molecule has 0 aliphatic carbocycles. The molecule has 0 spiro atoms. The zero-order chi connectivity index (χ0) is 14.7. The number of hydrogen-bond acceptors (Lipinski definition) is 5. The van der Waals surface area contributed by atoms with Gasteiger partial charge in [0.15, 0.2) is 0 Å². The van der Waals surface area contributed by atoms with Crippen molar-refractivity contribution in [1.29, 1.82) is 0 Å². The summed E-state index contributed by atoms with van der Waals surface area (Å²) in [5, 5.41) is 3.03. The van der Waals surface area contributed by atoms with E-state index in [0.717, 1.165) is 16.5 Å². The van der Waals surface area contributed by atoms with Gasteiger partial charge < -0.3 is 4.74 Å². The standard InChI is InChI=1S/C14H23NO2S2/c1-7-17-12(16)14(5,6)10-8-18-11(15-10)9-19-13(2,3)4/h8H,7,9H2,1-6H3. The number of hydrogen-bond donors (Lipinski definition) is 0. The summed E-state index contributed by atoms with van der Waals surface area (Å²) in [7, 11) is 0. The van der Waals surface area contributed by atoms with E-state index in [2.05, 4.69) is 25.8 Å². The minimum atomic E-state index is -0.669. The van der Waals surface area contributed by atoms with Crippen molar-refractivity contribution in [2.24, 2.45) is 0 Å². The second kappa shape index (κ2) is 6.27. The fraction of sp³-hybridized carbons (Fsp3) is 0.714. The van der Waals surface area contributed by atoms with Gasteiger partial charge in [0, 0.05) is 15.9 Å². The summed E-state index contributed by atoms with van der Waals surface area (Å²) in [6, 6.07) is 0. The van der Waals surface area contributed by atoms with Gasteiger partial charge in [-0.2, -0.15) is 0 Å². The number of thiazole rings is 1. The highest BCUT2D eigenvalue weighted by Gasteiger charge is 2.33. The van der Waals surface area contributed by atoms with Crippen LogP contribution in [-0.2, 0) is 20.7 Å². The van der Waals surface area contributed by atoms with E-state index in [1.165, 1.54) is 0 Å². The van der Waals surface area contributed by atoms with Crippen molar-refractivity contribution < 1.29 is 9.53 Å². The fourth-order valence-electron chi connectivity index (χ4n) is 1.36. The van der Waals surface area contributed by atoms with E-state index in [1.807, 2.05) is 37.9 Å². The van der Waals surface area contributed by atoms with Gasteiger partial charge in [-0.15, -0.1) is 23.1 Å². The van der Waals surface area contributed by atoms with Crippen LogP contribution in [0.15, 0.2) is 5.38 Å². The van der Waals surface area contributed by atoms with Crippen molar-refractivity contribution in [3.8, 4) is 0 Å². The molecule has 0 radical (unpaired) electrons. The first-order valence-corrected chi connectivity index (χ1v) is 8.29. The lowest BCUT2D eigenvalue weighted by molar-refractivity contribution is -0.148. The van der Waals surface area contributed by atoms with Gasteiger partial charge in [0.1, 0.15) is 10.4 Å². The predicted octanol–water partition coefficient (Wildman–Crippen LogP) is 4.02. The first-order valence-electron chi connectivity index (χ1n) is 6.43. The molecule has 1 aromatic heterocycles. The molecule has 0 amide bonds. The lowest BCUT2D eigenvalue weighted by Gasteiger charge is -2.20. The summed E-state index contributed by atoms with van der Waals surface area (Å²) < 4.78 is 5.33. The Morgan fingerprint density at radius 1 is 1.37 bits per heavy atom. The highest BCUT2D eigenvalue weighted by Crippen LogP contribution is 2.31. The Labute approximate surface area is 124 Å². The number of ether oxygens (including phenoxy) is 1. The van der Waals surface area contributed by atoms with Crippen molar-refractivity contribution in [2.75, 3.05) is 6.61 Å². The number of carbonyl (C=O) groups excluding carboxylic acids is 1. The third-order valence-electron chi connectivity index (χ3n) is 2.61. The molecule has 0 N–H and O–H groups in total. The van der Waals surface area contributed by atoms with Crippen molar-refractivity contribution in [3.05, 3.63) is 16.1 Å². The van der Waals surface area contributed by atoms with Crippen molar-refractivity contribution in [3.63, 3.8) is 0 Å². The van der Waals surface area contributed by atoms with Crippen LogP contribution in [0, 0.1) is 0 Å². The van der Waals surface area contributed by atoms with Gasteiger partial charge in [-0.1, -0.05) is 20.8 Å². The topological polar surface area (TPSA) is 39.2 Å². The van der Waals surface area contributed by atoms with E-state index in [0.29, 0.717) is 6.61 Å². The summed E-state index contributed by atoms with van der Waals surface area (Å²) in [5.41, 5.74) is 0.136. The van der Waals surface area contributed by atoms with Gasteiger partial charge in [-0.3, -0.25) is 4.79 Å². The molecule has 0 atom stereocenters. The molecule has 1 aromatic rings. The third kappa shape index (κ3) is 4.80. The molecule has 0 aliphatic heterocycles. The van der Waals surface area contributed by atoms with Crippen LogP contribution in [0.25, 0.3) is 0 Å². The number of rotatable bonds is 5. The van der Waals surface area contributed by atoms with Crippen molar-refractivity contribution in [1.82, 2.24) is 4.98 Å². The first-order chi connectivity index (χ1) is 8.66. The van der Waals surface area contributed by atoms with Crippen LogP contribution in [0.5, 0.6) is 0 Å². The Bertz CT molecular complexity index is 433. The number of esters is 1. The minimum Gasteiger partial charge on any atom is -0.465 e. The maximum atomic E-state index is 11.9. The molecular formula is C14H23NO2S2. The van der Waals surface area contributed by atoms with E-state index in [9.17, 15) is 4.79 Å². The summed E-state index contributed by atoms with van der Waals surface area (Å²) in [5.74, 6) is 0.669. The second-order valence-corrected chi connectivity index (χ2v) is 8.62. The average Bonchev–Trinajstić information content (AvgIpc) is 2.75. The Morgan fingerprint density at radius 2 is 2.00 bits per heavy atom. The van der Waals surface area contributed by atoms with Gasteiger partial charge in [-0.25, -0.2) is 4.98 Å². The van der Waals surface area contributed by atoms with Gasteiger partial charge in [0.25, 0.3) is 0 Å². The highest BCUT2D eigenvalue weighted by molar-refractivity contribution is 7.99. The summed E-state index contributed by atoms with van der Waals surface area (Å²) in [6.45, 7) is 12.5. The van der Waals surface area contributed by atoms with E-state index in [1.54, 1.807) is 11.3 Å². The number of nitrogens with zero attached hydrogens (tertiary/aromatic N) is 1. The third-order valence-corrected chi connectivity index (χ3v) is 4.92. The molecule has 0 saturated heterocycles. The molecule has 108 valence electrons. The van der Waals surface area contributed by atoms with E-state index in [4.69, 9.17) is 4.74 Å². The molecule has 0 fully saturated rings. The molecule has 3 nitrogen and oxygen atoms in total. The SMILES string of the molecule is CCOC(=O)C(C)(C)c1csc(CSC(C)(C)C)n1. The highest BCUT2D eigenvalue weighted by atomic mass is 32.2. The van der Waals surface area contributed by atoms with Crippen LogP contribution in [0.1, 0.15) is 52.2 Å². The number of aromatic nitrogens is 1. The normalized spacial score (nSPS) is 12.5. The zero-order valence-electron chi connectivity index (χ0n) is 12.6. The van der Waals surface area contributed by atoms with Crippen molar-refractivity contribution in [2.45, 2.75) is 57.5 Å². The maximum absolute atomic E-state index is 11.9. The fourth-order valence-corrected chi connectivity index (χ4v) is 3.17. The smallest absolute Gasteiger partial charge is 0.317 e. The lowest BCUT2D eigenvalue weighted by atomic mass is 9.90. The van der Waals surface area contributed by atoms with Gasteiger partial charge in [0.2, 0.25) is 0 Å². The van der Waals surface area contributed by atoms with E-state index < -0.39 is 5.41 Å². The largest absolute Gasteiger partial charge is 0.465 e. The van der Waals surface area contributed by atoms with E-state index >= 15 is 0 Å². The Kier molecular flexibility index (Phi) is 5.44.